The van der Waals surface area contributed by atoms with Gasteiger partial charge < -0.3 is 5.11 Å². The van der Waals surface area contributed by atoms with Crippen molar-refractivity contribution < 1.29 is 22.7 Å². The first kappa shape index (κ1) is 14.0. The third-order valence-electron chi connectivity index (χ3n) is 3.31. The quantitative estimate of drug-likeness (QED) is 0.909. The summed E-state index contributed by atoms with van der Waals surface area (Å²) in [5, 5.41) is 9.14. The van der Waals surface area contributed by atoms with Gasteiger partial charge in [-0.3, -0.25) is 4.79 Å². The molecule has 0 aliphatic carbocycles. The van der Waals surface area contributed by atoms with Gasteiger partial charge in [-0.15, -0.1) is 0 Å². The van der Waals surface area contributed by atoms with Crippen molar-refractivity contribution in [2.24, 2.45) is 5.92 Å². The molecule has 2 unspecified atom stereocenters. The van der Waals surface area contributed by atoms with Crippen LogP contribution in [-0.4, -0.2) is 36.4 Å². The van der Waals surface area contributed by atoms with Crippen molar-refractivity contribution in [3.05, 3.63) is 30.1 Å². The summed E-state index contributed by atoms with van der Waals surface area (Å²) in [6.45, 7) is 1.83. The van der Waals surface area contributed by atoms with Crippen LogP contribution in [0.3, 0.4) is 0 Å². The molecule has 0 amide bonds. The van der Waals surface area contributed by atoms with Crippen molar-refractivity contribution in [1.82, 2.24) is 4.31 Å². The summed E-state index contributed by atoms with van der Waals surface area (Å²) in [7, 11) is -3.98. The lowest BCUT2D eigenvalue weighted by atomic mass is 10.0. The average Bonchev–Trinajstić information content (AvgIpc) is 2.72. The lowest BCUT2D eigenvalue weighted by molar-refractivity contribution is -0.141. The number of hydrogen-bond acceptors (Lipinski definition) is 3. The standard InChI is InChI=1S/C12H14FNO4S/c1-8-5-6-14(11(8)12(15)16)19(17,18)10-4-2-3-9(13)7-10/h2-4,7-8,11H,5-6H2,1H3,(H,15,16). The molecule has 1 aliphatic heterocycles. The molecule has 0 bridgehead atoms. The Labute approximate surface area is 110 Å². The summed E-state index contributed by atoms with van der Waals surface area (Å²) < 4.78 is 38.7. The normalized spacial score (nSPS) is 24.5. The molecule has 2 atom stereocenters. The highest BCUT2D eigenvalue weighted by Gasteiger charge is 2.43. The lowest BCUT2D eigenvalue weighted by Gasteiger charge is -2.22. The second-order valence-electron chi connectivity index (χ2n) is 4.62. The van der Waals surface area contributed by atoms with Crippen LogP contribution in [0.2, 0.25) is 0 Å². The Morgan fingerprint density at radius 3 is 2.74 bits per heavy atom. The second-order valence-corrected chi connectivity index (χ2v) is 6.51. The minimum Gasteiger partial charge on any atom is -0.480 e. The first-order valence-corrected chi connectivity index (χ1v) is 7.28. The van der Waals surface area contributed by atoms with Crippen LogP contribution in [0.1, 0.15) is 13.3 Å². The zero-order valence-electron chi connectivity index (χ0n) is 10.3. The molecule has 1 aliphatic rings. The number of carboxylic acid groups (broad SMARTS) is 1. The third-order valence-corrected chi connectivity index (χ3v) is 5.19. The molecule has 5 nitrogen and oxygen atoms in total. The number of aliphatic carboxylic acids is 1. The fourth-order valence-electron chi connectivity index (χ4n) is 2.31. The fourth-order valence-corrected chi connectivity index (χ4v) is 4.04. The maximum Gasteiger partial charge on any atom is 0.322 e. The molecule has 7 heteroatoms. The van der Waals surface area contributed by atoms with Crippen LogP contribution < -0.4 is 0 Å². The monoisotopic (exact) mass is 287 g/mol. The van der Waals surface area contributed by atoms with E-state index in [9.17, 15) is 17.6 Å². The molecular formula is C12H14FNO4S. The zero-order chi connectivity index (χ0) is 14.2. The molecule has 1 saturated heterocycles. The van der Waals surface area contributed by atoms with E-state index in [1.165, 1.54) is 12.1 Å². The van der Waals surface area contributed by atoms with Crippen LogP contribution >= 0.6 is 0 Å². The molecule has 0 saturated carbocycles. The number of sulfonamides is 1. The number of halogens is 1. The van der Waals surface area contributed by atoms with Gasteiger partial charge in [-0.2, -0.15) is 4.31 Å². The Morgan fingerprint density at radius 1 is 1.47 bits per heavy atom. The Balaban J connectivity index is 2.42. The van der Waals surface area contributed by atoms with Crippen LogP contribution in [0.4, 0.5) is 4.39 Å². The molecule has 19 heavy (non-hydrogen) atoms. The smallest absolute Gasteiger partial charge is 0.322 e. The zero-order valence-corrected chi connectivity index (χ0v) is 11.1. The topological polar surface area (TPSA) is 74.7 Å². The van der Waals surface area contributed by atoms with Crippen molar-refractivity contribution in [2.45, 2.75) is 24.3 Å². The third kappa shape index (κ3) is 2.48. The Kier molecular flexibility index (Phi) is 3.60. The van der Waals surface area contributed by atoms with E-state index in [-0.39, 0.29) is 17.4 Å². The Morgan fingerprint density at radius 2 is 2.16 bits per heavy atom. The highest BCUT2D eigenvalue weighted by atomic mass is 32.2. The molecule has 0 spiro atoms. The maximum absolute atomic E-state index is 13.1. The molecule has 0 aromatic heterocycles. The fraction of sp³-hybridized carbons (Fsp3) is 0.417. The van der Waals surface area contributed by atoms with Gasteiger partial charge in [0.2, 0.25) is 10.0 Å². The minimum absolute atomic E-state index is 0.136. The van der Waals surface area contributed by atoms with E-state index in [0.717, 1.165) is 16.4 Å². The van der Waals surface area contributed by atoms with Gasteiger partial charge in [0.05, 0.1) is 4.90 Å². The van der Waals surface area contributed by atoms with Crippen LogP contribution in [0.25, 0.3) is 0 Å². The van der Waals surface area contributed by atoms with E-state index in [1.807, 2.05) is 0 Å². The van der Waals surface area contributed by atoms with Crippen LogP contribution in [-0.2, 0) is 14.8 Å². The Hall–Kier alpha value is -1.47. The largest absolute Gasteiger partial charge is 0.480 e. The van der Waals surface area contributed by atoms with Crippen LogP contribution in [0.5, 0.6) is 0 Å². The first-order chi connectivity index (χ1) is 8.84. The van der Waals surface area contributed by atoms with Gasteiger partial charge in [-0.05, 0) is 30.5 Å². The van der Waals surface area contributed by atoms with E-state index in [1.54, 1.807) is 6.92 Å². The van der Waals surface area contributed by atoms with Gasteiger partial charge in [0.25, 0.3) is 0 Å². The van der Waals surface area contributed by atoms with Gasteiger partial charge in [0.15, 0.2) is 0 Å². The number of benzene rings is 1. The summed E-state index contributed by atoms with van der Waals surface area (Å²) >= 11 is 0. The van der Waals surface area contributed by atoms with Gasteiger partial charge >= 0.3 is 5.97 Å². The molecule has 1 N–H and O–H groups in total. The number of rotatable bonds is 3. The van der Waals surface area contributed by atoms with Crippen molar-refractivity contribution >= 4 is 16.0 Å². The molecule has 1 aromatic carbocycles. The summed E-state index contributed by atoms with van der Waals surface area (Å²) in [6, 6.07) is 3.50. The lowest BCUT2D eigenvalue weighted by Crippen LogP contribution is -2.42. The van der Waals surface area contributed by atoms with E-state index >= 15 is 0 Å². The molecular weight excluding hydrogens is 273 g/mol. The van der Waals surface area contributed by atoms with Crippen molar-refractivity contribution in [1.29, 1.82) is 0 Å². The number of carboxylic acids is 1. The molecule has 1 aromatic rings. The van der Waals surface area contributed by atoms with Gasteiger partial charge in [-0.1, -0.05) is 13.0 Å². The van der Waals surface area contributed by atoms with Crippen molar-refractivity contribution in [2.75, 3.05) is 6.54 Å². The molecule has 1 heterocycles. The first-order valence-electron chi connectivity index (χ1n) is 5.84. The second kappa shape index (κ2) is 4.90. The Bertz CT molecular complexity index is 602. The highest BCUT2D eigenvalue weighted by Crippen LogP contribution is 2.30. The van der Waals surface area contributed by atoms with Gasteiger partial charge in [0.1, 0.15) is 11.9 Å². The van der Waals surface area contributed by atoms with Gasteiger partial charge in [0, 0.05) is 6.54 Å². The number of nitrogens with zero attached hydrogens (tertiary/aromatic N) is 1. The van der Waals surface area contributed by atoms with Gasteiger partial charge in [-0.25, -0.2) is 12.8 Å². The minimum atomic E-state index is -3.98. The van der Waals surface area contributed by atoms with Crippen LogP contribution in [0, 0.1) is 11.7 Å². The number of hydrogen-bond donors (Lipinski definition) is 1. The SMILES string of the molecule is CC1CCN(S(=O)(=O)c2cccc(F)c2)C1C(=O)O. The van der Waals surface area contributed by atoms with E-state index < -0.39 is 27.9 Å². The molecule has 0 radical (unpaired) electrons. The summed E-state index contributed by atoms with van der Waals surface area (Å²) in [4.78, 5) is 11.0. The van der Waals surface area contributed by atoms with E-state index in [4.69, 9.17) is 5.11 Å². The molecule has 2 rings (SSSR count). The predicted octanol–water partition coefficient (Wildman–Crippen LogP) is 1.31. The summed E-state index contributed by atoms with van der Waals surface area (Å²) in [5.74, 6) is -2.11. The molecule has 1 fully saturated rings. The summed E-state index contributed by atoms with van der Waals surface area (Å²) in [6.07, 6.45) is 0.478. The maximum atomic E-state index is 13.1. The highest BCUT2D eigenvalue weighted by molar-refractivity contribution is 7.89. The molecule has 104 valence electrons. The van der Waals surface area contributed by atoms with E-state index in [0.29, 0.717) is 6.42 Å². The van der Waals surface area contributed by atoms with Crippen LogP contribution in [0.15, 0.2) is 29.2 Å². The van der Waals surface area contributed by atoms with E-state index in [2.05, 4.69) is 0 Å². The number of carbonyl (C=O) groups is 1. The van der Waals surface area contributed by atoms with Crippen molar-refractivity contribution in [3.8, 4) is 0 Å². The summed E-state index contributed by atoms with van der Waals surface area (Å²) in [5.41, 5.74) is 0. The predicted molar refractivity (Wildman–Crippen MR) is 65.5 cm³/mol. The average molecular weight is 287 g/mol. The van der Waals surface area contributed by atoms with Crippen molar-refractivity contribution in [3.63, 3.8) is 0 Å².